The predicted molar refractivity (Wildman–Crippen MR) is 101 cm³/mol. The number of amides is 2. The highest BCUT2D eigenvalue weighted by molar-refractivity contribution is 5.97. The number of carbonyl (C=O) groups is 2. The van der Waals surface area contributed by atoms with Gasteiger partial charge in [-0.05, 0) is 31.5 Å². The summed E-state index contributed by atoms with van der Waals surface area (Å²) in [5.74, 6) is -5.09. The van der Waals surface area contributed by atoms with Crippen LogP contribution in [0, 0.1) is 5.82 Å². The van der Waals surface area contributed by atoms with Crippen molar-refractivity contribution in [3.8, 4) is 5.75 Å². The first-order valence-corrected chi connectivity index (χ1v) is 9.36. The number of rotatable bonds is 6. The molecule has 0 spiro atoms. The third-order valence-electron chi connectivity index (χ3n) is 5.09. The van der Waals surface area contributed by atoms with Gasteiger partial charge >= 0.3 is 12.8 Å². The molecule has 13 heteroatoms. The quantitative estimate of drug-likeness (QED) is 0.617. The molecule has 0 bridgehead atoms. The molecule has 1 aliphatic rings. The third kappa shape index (κ3) is 5.18. The first-order valence-electron chi connectivity index (χ1n) is 9.36. The number of halogens is 6. The monoisotopic (exact) mass is 477 g/mol. The van der Waals surface area contributed by atoms with E-state index in [4.69, 9.17) is 10.5 Å². The molecule has 178 valence electrons. The van der Waals surface area contributed by atoms with Gasteiger partial charge in [-0.25, -0.2) is 4.39 Å². The van der Waals surface area contributed by atoms with Crippen LogP contribution >= 0.6 is 0 Å². The van der Waals surface area contributed by atoms with E-state index in [1.807, 2.05) is 0 Å². The Kier molecular flexibility index (Phi) is 6.54. The summed E-state index contributed by atoms with van der Waals surface area (Å²) in [6.45, 7) is -2.68. The van der Waals surface area contributed by atoms with Crippen molar-refractivity contribution in [3.63, 3.8) is 0 Å². The second kappa shape index (κ2) is 8.89. The summed E-state index contributed by atoms with van der Waals surface area (Å²) in [6, 6.07) is 4.73. The van der Waals surface area contributed by atoms with Crippen LogP contribution in [0.1, 0.15) is 35.3 Å². The van der Waals surface area contributed by atoms with Gasteiger partial charge in [0.05, 0.1) is 0 Å². The Morgan fingerprint density at radius 3 is 2.58 bits per heavy atom. The Bertz CT molecular complexity index is 1060. The van der Waals surface area contributed by atoms with Gasteiger partial charge in [-0.1, -0.05) is 6.07 Å². The second-order valence-electron chi connectivity index (χ2n) is 7.42. The van der Waals surface area contributed by atoms with Crippen molar-refractivity contribution < 1.29 is 45.4 Å². The molecular weight excluding hydrogens is 460 g/mol. The van der Waals surface area contributed by atoms with Crippen molar-refractivity contribution in [2.45, 2.75) is 43.8 Å². The number of primary amides is 1. The number of aromatic nitrogens is 1. The third-order valence-corrected chi connectivity index (χ3v) is 5.09. The molecule has 3 N–H and O–H groups in total. The average molecular weight is 477 g/mol. The highest BCUT2D eigenvalue weighted by Crippen LogP contribution is 2.51. The Morgan fingerprint density at radius 2 is 1.97 bits per heavy atom. The van der Waals surface area contributed by atoms with Gasteiger partial charge in [0.1, 0.15) is 23.4 Å². The average Bonchev–Trinajstić information content (AvgIpc) is 3.07. The zero-order valence-electron chi connectivity index (χ0n) is 16.8. The number of carbonyl (C=O) groups excluding carboxylic acids is 2. The summed E-state index contributed by atoms with van der Waals surface area (Å²) < 4.78 is 89.7. The van der Waals surface area contributed by atoms with E-state index in [-0.39, 0.29) is 16.9 Å². The fourth-order valence-corrected chi connectivity index (χ4v) is 3.50. The number of anilines is 1. The fourth-order valence-electron chi connectivity index (χ4n) is 3.50. The lowest BCUT2D eigenvalue weighted by Gasteiger charge is -2.27. The maximum atomic E-state index is 13.7. The zero-order chi connectivity index (χ0) is 24.6. The van der Waals surface area contributed by atoms with Crippen LogP contribution in [0.15, 0.2) is 36.5 Å². The first-order chi connectivity index (χ1) is 15.3. The molecule has 7 nitrogen and oxygen atoms in total. The van der Waals surface area contributed by atoms with E-state index in [0.717, 1.165) is 24.4 Å². The normalized spacial score (nSPS) is 22.9. The number of ether oxygens (including phenoxy) is 2. The minimum atomic E-state index is -4.92. The molecule has 1 aliphatic heterocycles. The number of hydrogen-bond donors (Lipinski definition) is 2. The van der Waals surface area contributed by atoms with Crippen LogP contribution in [0.4, 0.5) is 32.0 Å². The topological polar surface area (TPSA) is 104 Å². The van der Waals surface area contributed by atoms with E-state index in [9.17, 15) is 35.9 Å². The van der Waals surface area contributed by atoms with Gasteiger partial charge in [0.25, 0.3) is 11.8 Å². The number of nitrogens with one attached hydrogen (secondary N) is 1. The highest BCUT2D eigenvalue weighted by atomic mass is 19.4. The number of nitrogens with zero attached hydrogens (tertiary/aromatic N) is 1. The van der Waals surface area contributed by atoms with Gasteiger partial charge in [0.2, 0.25) is 0 Å². The second-order valence-corrected chi connectivity index (χ2v) is 7.42. The predicted octanol–water partition coefficient (Wildman–Crippen LogP) is 3.75. The van der Waals surface area contributed by atoms with Crippen molar-refractivity contribution in [1.82, 2.24) is 4.98 Å². The first kappa shape index (κ1) is 24.3. The van der Waals surface area contributed by atoms with E-state index < -0.39 is 60.2 Å². The molecule has 0 radical (unpaired) electrons. The van der Waals surface area contributed by atoms with Crippen LogP contribution in [0.5, 0.6) is 5.75 Å². The smallest absolute Gasteiger partial charge is 0.417 e. The summed E-state index contributed by atoms with van der Waals surface area (Å²) in [5, 5.41) is 2.30. The molecule has 0 saturated carbocycles. The lowest BCUT2D eigenvalue weighted by Crippen LogP contribution is -2.43. The maximum absolute atomic E-state index is 13.7. The molecule has 3 rings (SSSR count). The molecule has 33 heavy (non-hydrogen) atoms. The van der Waals surface area contributed by atoms with Crippen molar-refractivity contribution in [3.05, 3.63) is 53.6 Å². The van der Waals surface area contributed by atoms with Crippen LogP contribution in [-0.2, 0) is 9.53 Å². The summed E-state index contributed by atoms with van der Waals surface area (Å²) in [7, 11) is 0. The van der Waals surface area contributed by atoms with Gasteiger partial charge in [0, 0.05) is 29.4 Å². The Morgan fingerprint density at radius 1 is 1.27 bits per heavy atom. The van der Waals surface area contributed by atoms with Crippen LogP contribution in [0.3, 0.4) is 0 Å². The van der Waals surface area contributed by atoms with Gasteiger partial charge in [-0.2, -0.15) is 22.0 Å². The van der Waals surface area contributed by atoms with Crippen molar-refractivity contribution >= 4 is 17.5 Å². The van der Waals surface area contributed by atoms with Gasteiger partial charge in [-0.15, -0.1) is 0 Å². The van der Waals surface area contributed by atoms with Crippen LogP contribution < -0.4 is 15.8 Å². The minimum absolute atomic E-state index is 0.0186. The SMILES string of the molecule is C[C@@]1(C(F)(F)F)C[C@@H](c2ccc(F)cc2OC(F)F)[C@@H](C(=O)Nc2ccnc(C(N)=O)c2)O1. The number of benzene rings is 1. The van der Waals surface area contributed by atoms with Gasteiger partial charge in [0.15, 0.2) is 5.60 Å². The van der Waals surface area contributed by atoms with E-state index in [1.165, 1.54) is 6.07 Å². The fraction of sp³-hybridized carbons (Fsp3) is 0.350. The molecule has 2 amide bonds. The molecule has 0 unspecified atom stereocenters. The van der Waals surface area contributed by atoms with Crippen LogP contribution in [0.25, 0.3) is 0 Å². The van der Waals surface area contributed by atoms with Gasteiger partial charge in [-0.3, -0.25) is 14.6 Å². The van der Waals surface area contributed by atoms with Crippen LogP contribution in [0.2, 0.25) is 0 Å². The molecule has 1 aromatic heterocycles. The lowest BCUT2D eigenvalue weighted by molar-refractivity contribution is -0.261. The van der Waals surface area contributed by atoms with E-state index in [2.05, 4.69) is 15.0 Å². The molecule has 1 aromatic carbocycles. The largest absolute Gasteiger partial charge is 0.434 e. The van der Waals surface area contributed by atoms with Crippen molar-refractivity contribution in [2.75, 3.05) is 5.32 Å². The highest BCUT2D eigenvalue weighted by Gasteiger charge is 2.61. The standard InChI is InChI=1S/C20H17F6N3O4/c1-19(20(24,25)26)8-12(11-3-2-9(21)6-14(11)32-18(22)23)15(33-19)17(31)29-10-4-5-28-13(7-10)16(27)30/h2-7,12,15,18H,8H2,1H3,(H2,27,30)(H,28,29,31)/t12-,15-,19-/m0/s1. The number of hydrogen-bond acceptors (Lipinski definition) is 5. The Hall–Kier alpha value is -3.35. The molecule has 1 fully saturated rings. The number of nitrogens with two attached hydrogens (primary N) is 1. The molecular formula is C20H17F6N3O4. The van der Waals surface area contributed by atoms with E-state index >= 15 is 0 Å². The molecule has 1 saturated heterocycles. The van der Waals surface area contributed by atoms with Crippen molar-refractivity contribution in [1.29, 1.82) is 0 Å². The number of alkyl halides is 5. The Labute approximate surface area is 182 Å². The molecule has 2 heterocycles. The maximum Gasteiger partial charge on any atom is 0.417 e. The zero-order valence-corrected chi connectivity index (χ0v) is 16.8. The summed E-state index contributed by atoms with van der Waals surface area (Å²) in [4.78, 5) is 27.8. The lowest BCUT2D eigenvalue weighted by atomic mass is 9.86. The summed E-state index contributed by atoms with van der Waals surface area (Å²) >= 11 is 0. The minimum Gasteiger partial charge on any atom is -0.434 e. The van der Waals surface area contributed by atoms with Crippen LogP contribution in [-0.4, -0.2) is 41.3 Å². The van der Waals surface area contributed by atoms with Gasteiger partial charge < -0.3 is 20.5 Å². The summed E-state index contributed by atoms with van der Waals surface area (Å²) in [6.07, 6.45) is -6.44. The number of pyridine rings is 1. The molecule has 2 aromatic rings. The van der Waals surface area contributed by atoms with E-state index in [1.54, 1.807) is 0 Å². The Balaban J connectivity index is 2.00. The molecule has 0 aliphatic carbocycles. The summed E-state index contributed by atoms with van der Waals surface area (Å²) in [5.41, 5.74) is 1.80. The molecule has 3 atom stereocenters. The van der Waals surface area contributed by atoms with Crippen molar-refractivity contribution in [2.24, 2.45) is 5.73 Å². The van der Waals surface area contributed by atoms with E-state index in [0.29, 0.717) is 13.0 Å².